The number of H-pyrrole nitrogens is 2. The van der Waals surface area contributed by atoms with E-state index in [1.54, 1.807) is 12.4 Å². The molecule has 1 fully saturated rings. The molecule has 5 heterocycles. The van der Waals surface area contributed by atoms with Crippen LogP contribution in [0.4, 0.5) is 5.69 Å². The van der Waals surface area contributed by atoms with E-state index < -0.39 is 0 Å². The number of piperazine rings is 1. The van der Waals surface area contributed by atoms with Crippen LogP contribution in [0.3, 0.4) is 0 Å². The summed E-state index contributed by atoms with van der Waals surface area (Å²) in [5.41, 5.74) is 4.54. The van der Waals surface area contributed by atoms with Gasteiger partial charge in [-0.2, -0.15) is 0 Å². The molecular weight excluding hydrogens is 342 g/mol. The second-order valence-corrected chi connectivity index (χ2v) is 6.86. The Morgan fingerprint density at radius 2 is 2.11 bits per heavy atom. The third kappa shape index (κ3) is 2.65. The zero-order valence-electron chi connectivity index (χ0n) is 14.9. The van der Waals surface area contributed by atoms with Crippen molar-refractivity contribution in [3.05, 3.63) is 47.0 Å². The van der Waals surface area contributed by atoms with E-state index in [0.717, 1.165) is 42.2 Å². The molecule has 0 amide bonds. The topological polar surface area (TPSA) is 103 Å². The molecule has 0 aliphatic carbocycles. The Balaban J connectivity index is 1.68. The monoisotopic (exact) mass is 361 g/mol. The Labute approximate surface area is 154 Å². The standard InChI is InChI=1S/C19H19N7O/c1-11-10-26(8-7-20-11)15-3-2-6-21-17(15)14-5-4-13-18(23-14)16-12(9-22-13)19(27)25-24-16/h2-6,9,11,20H,7-8,10H2,1H3,(H2,24,25,27). The average Bonchev–Trinajstić information content (AvgIpc) is 3.09. The molecule has 0 aromatic carbocycles. The van der Waals surface area contributed by atoms with Crippen molar-refractivity contribution in [2.45, 2.75) is 13.0 Å². The fraction of sp³-hybridized carbons (Fsp3) is 0.263. The van der Waals surface area contributed by atoms with Gasteiger partial charge < -0.3 is 10.2 Å². The third-order valence-electron chi connectivity index (χ3n) is 5.00. The largest absolute Gasteiger partial charge is 0.367 e. The van der Waals surface area contributed by atoms with Gasteiger partial charge in [0.1, 0.15) is 11.2 Å². The normalized spacial score (nSPS) is 17.7. The number of nitrogens with zero attached hydrogens (tertiary/aromatic N) is 4. The maximum atomic E-state index is 11.9. The Kier molecular flexibility index (Phi) is 3.64. The number of pyridine rings is 3. The highest BCUT2D eigenvalue weighted by Gasteiger charge is 2.20. The fourth-order valence-corrected chi connectivity index (χ4v) is 3.68. The van der Waals surface area contributed by atoms with Crippen LogP contribution in [0.5, 0.6) is 0 Å². The Bertz CT molecular complexity index is 1200. The molecule has 8 nitrogen and oxygen atoms in total. The summed E-state index contributed by atoms with van der Waals surface area (Å²) >= 11 is 0. The van der Waals surface area contributed by atoms with Crippen molar-refractivity contribution in [3.63, 3.8) is 0 Å². The molecular formula is C19H19N7O. The summed E-state index contributed by atoms with van der Waals surface area (Å²) in [6.07, 6.45) is 3.36. The minimum atomic E-state index is -0.195. The number of rotatable bonds is 2. The van der Waals surface area contributed by atoms with Crippen LogP contribution in [0.15, 0.2) is 41.5 Å². The van der Waals surface area contributed by atoms with Gasteiger partial charge in [0.2, 0.25) is 0 Å². The SMILES string of the molecule is CC1CN(c2cccnc2-c2ccc3ncc4c(=O)[nH][nH]c4c3n2)CCN1. The van der Waals surface area contributed by atoms with Crippen molar-refractivity contribution >= 4 is 27.6 Å². The third-order valence-corrected chi connectivity index (χ3v) is 5.00. The van der Waals surface area contributed by atoms with Gasteiger partial charge >= 0.3 is 0 Å². The van der Waals surface area contributed by atoms with Crippen LogP contribution in [0, 0.1) is 0 Å². The first-order valence-electron chi connectivity index (χ1n) is 9.00. The van der Waals surface area contributed by atoms with Crippen LogP contribution < -0.4 is 15.8 Å². The summed E-state index contributed by atoms with van der Waals surface area (Å²) in [7, 11) is 0. The molecule has 1 aliphatic heterocycles. The van der Waals surface area contributed by atoms with Crippen LogP contribution in [-0.4, -0.2) is 50.8 Å². The van der Waals surface area contributed by atoms with Crippen molar-refractivity contribution in [3.8, 4) is 11.4 Å². The molecule has 0 saturated carbocycles. The van der Waals surface area contributed by atoms with E-state index in [-0.39, 0.29) is 5.56 Å². The summed E-state index contributed by atoms with van der Waals surface area (Å²) < 4.78 is 0. The number of hydrogen-bond donors (Lipinski definition) is 3. The molecule has 8 heteroatoms. The molecule has 0 bridgehead atoms. The van der Waals surface area contributed by atoms with Crippen molar-refractivity contribution in [1.82, 2.24) is 30.5 Å². The van der Waals surface area contributed by atoms with E-state index in [4.69, 9.17) is 4.98 Å². The molecule has 1 saturated heterocycles. The molecule has 0 radical (unpaired) electrons. The highest BCUT2D eigenvalue weighted by Crippen LogP contribution is 2.30. The van der Waals surface area contributed by atoms with Gasteiger partial charge in [0, 0.05) is 38.1 Å². The van der Waals surface area contributed by atoms with Gasteiger partial charge in [-0.3, -0.25) is 25.0 Å². The van der Waals surface area contributed by atoms with Gasteiger partial charge in [-0.1, -0.05) is 0 Å². The Hall–Kier alpha value is -3.26. The van der Waals surface area contributed by atoms with Crippen molar-refractivity contribution < 1.29 is 0 Å². The minimum absolute atomic E-state index is 0.195. The van der Waals surface area contributed by atoms with Crippen molar-refractivity contribution in [2.75, 3.05) is 24.5 Å². The Morgan fingerprint density at radius 3 is 3.00 bits per heavy atom. The maximum absolute atomic E-state index is 11.9. The van der Waals surface area contributed by atoms with E-state index in [1.165, 1.54) is 0 Å². The summed E-state index contributed by atoms with van der Waals surface area (Å²) in [6.45, 7) is 4.97. The minimum Gasteiger partial charge on any atom is -0.367 e. The zero-order chi connectivity index (χ0) is 18.4. The predicted molar refractivity (Wildman–Crippen MR) is 105 cm³/mol. The number of anilines is 1. The lowest BCUT2D eigenvalue weighted by molar-refractivity contribution is 0.485. The lowest BCUT2D eigenvalue weighted by Crippen LogP contribution is -2.49. The van der Waals surface area contributed by atoms with Crippen molar-refractivity contribution in [2.24, 2.45) is 0 Å². The fourth-order valence-electron chi connectivity index (χ4n) is 3.68. The van der Waals surface area contributed by atoms with Gasteiger partial charge in [0.25, 0.3) is 5.56 Å². The number of aromatic nitrogens is 5. The predicted octanol–water partition coefficient (Wildman–Crippen LogP) is 1.66. The second-order valence-electron chi connectivity index (χ2n) is 6.86. The van der Waals surface area contributed by atoms with E-state index in [9.17, 15) is 4.79 Å². The average molecular weight is 361 g/mol. The summed E-state index contributed by atoms with van der Waals surface area (Å²) in [6, 6.07) is 8.31. The van der Waals surface area contributed by atoms with Crippen LogP contribution in [0.25, 0.3) is 33.3 Å². The summed E-state index contributed by atoms with van der Waals surface area (Å²) in [5.74, 6) is 0. The number of fused-ring (bicyclic) bond motifs is 3. The quantitative estimate of drug-likeness (QED) is 0.502. The summed E-state index contributed by atoms with van der Waals surface area (Å²) in [5, 5.41) is 9.49. The molecule has 1 aliphatic rings. The number of hydrogen-bond acceptors (Lipinski definition) is 6. The van der Waals surface area contributed by atoms with E-state index in [2.05, 4.69) is 43.4 Å². The molecule has 136 valence electrons. The lowest BCUT2D eigenvalue weighted by atomic mass is 10.1. The van der Waals surface area contributed by atoms with E-state index in [1.807, 2.05) is 18.2 Å². The second kappa shape index (κ2) is 6.17. The van der Waals surface area contributed by atoms with Gasteiger partial charge in [-0.15, -0.1) is 0 Å². The van der Waals surface area contributed by atoms with Gasteiger partial charge in [0.05, 0.1) is 27.8 Å². The molecule has 1 atom stereocenters. The number of aromatic amines is 2. The van der Waals surface area contributed by atoms with E-state index >= 15 is 0 Å². The van der Waals surface area contributed by atoms with Crippen LogP contribution in [0.2, 0.25) is 0 Å². The zero-order valence-corrected chi connectivity index (χ0v) is 14.9. The smallest absolute Gasteiger partial charge is 0.273 e. The highest BCUT2D eigenvalue weighted by molar-refractivity contribution is 6.00. The van der Waals surface area contributed by atoms with Crippen LogP contribution in [0.1, 0.15) is 6.92 Å². The lowest BCUT2D eigenvalue weighted by Gasteiger charge is -2.34. The molecule has 27 heavy (non-hydrogen) atoms. The van der Waals surface area contributed by atoms with Gasteiger partial charge in [-0.25, -0.2) is 4.98 Å². The summed E-state index contributed by atoms with van der Waals surface area (Å²) in [4.78, 5) is 28.0. The van der Waals surface area contributed by atoms with Gasteiger partial charge in [0.15, 0.2) is 0 Å². The molecule has 5 rings (SSSR count). The van der Waals surface area contributed by atoms with Gasteiger partial charge in [-0.05, 0) is 31.2 Å². The highest BCUT2D eigenvalue weighted by atomic mass is 16.1. The molecule has 4 aromatic heterocycles. The van der Waals surface area contributed by atoms with Crippen molar-refractivity contribution in [1.29, 1.82) is 0 Å². The number of nitrogens with one attached hydrogen (secondary N) is 3. The molecule has 1 unspecified atom stereocenters. The molecule has 0 spiro atoms. The first kappa shape index (κ1) is 16.0. The van der Waals surface area contributed by atoms with Crippen LogP contribution in [-0.2, 0) is 0 Å². The van der Waals surface area contributed by atoms with Crippen LogP contribution >= 0.6 is 0 Å². The Morgan fingerprint density at radius 1 is 1.19 bits per heavy atom. The first-order valence-corrected chi connectivity index (χ1v) is 9.00. The van der Waals surface area contributed by atoms with E-state index in [0.29, 0.717) is 22.5 Å². The maximum Gasteiger partial charge on any atom is 0.273 e. The molecule has 3 N–H and O–H groups in total. The molecule has 4 aromatic rings. The first-order chi connectivity index (χ1) is 13.2.